The van der Waals surface area contributed by atoms with Crippen molar-refractivity contribution in [2.24, 2.45) is 0 Å². The molecule has 4 nitrogen and oxygen atoms in total. The third kappa shape index (κ3) is 1.67. The van der Waals surface area contributed by atoms with Crippen LogP contribution < -0.4 is 0 Å². The van der Waals surface area contributed by atoms with E-state index in [-0.39, 0.29) is 6.61 Å². The molecule has 0 aromatic carbocycles. The zero-order valence-corrected chi connectivity index (χ0v) is 5.85. The molecule has 11 heavy (non-hydrogen) atoms. The van der Waals surface area contributed by atoms with Gasteiger partial charge in [0.1, 0.15) is 18.3 Å². The van der Waals surface area contributed by atoms with Crippen molar-refractivity contribution in [3.05, 3.63) is 0 Å². The summed E-state index contributed by atoms with van der Waals surface area (Å²) in [4.78, 5) is 0. The van der Waals surface area contributed by atoms with Crippen LogP contribution in [0.3, 0.4) is 0 Å². The normalized spacial score (nSPS) is 45.8. The lowest BCUT2D eigenvalue weighted by Crippen LogP contribution is -2.52. The lowest BCUT2D eigenvalue weighted by atomic mass is 10.0. The average Bonchev–Trinajstić information content (AvgIpc) is 2.01. The Morgan fingerprint density at radius 1 is 1.36 bits per heavy atom. The second-order valence-electron chi connectivity index (χ2n) is 2.55. The van der Waals surface area contributed by atoms with Gasteiger partial charge in [0, 0.05) is 0 Å². The first-order valence-corrected chi connectivity index (χ1v) is 3.39. The van der Waals surface area contributed by atoms with Crippen molar-refractivity contribution in [2.75, 3.05) is 13.2 Å². The monoisotopic (exact) mass is 166 g/mol. The number of hydrogen-bond acceptors (Lipinski definition) is 4. The van der Waals surface area contributed by atoms with Gasteiger partial charge in [-0.1, -0.05) is 0 Å². The molecule has 0 aromatic heterocycles. The number of hydrogen-bond donors (Lipinski definition) is 3. The third-order valence-electron chi connectivity index (χ3n) is 1.75. The van der Waals surface area contributed by atoms with Gasteiger partial charge >= 0.3 is 0 Å². The summed E-state index contributed by atoms with van der Waals surface area (Å²) in [5.74, 6) is 0. The first-order chi connectivity index (χ1) is 5.16. The molecule has 0 aliphatic carbocycles. The van der Waals surface area contributed by atoms with Gasteiger partial charge in [-0.2, -0.15) is 0 Å². The Morgan fingerprint density at radius 2 is 2.00 bits per heavy atom. The first-order valence-electron chi connectivity index (χ1n) is 3.39. The summed E-state index contributed by atoms with van der Waals surface area (Å²) in [6, 6.07) is 0. The van der Waals surface area contributed by atoms with E-state index >= 15 is 0 Å². The molecule has 1 aliphatic rings. The van der Waals surface area contributed by atoms with Crippen LogP contribution in [0.2, 0.25) is 0 Å². The second kappa shape index (κ2) is 3.44. The predicted octanol–water partition coefficient (Wildman–Crippen LogP) is -1.56. The summed E-state index contributed by atoms with van der Waals surface area (Å²) in [6.45, 7) is -0.686. The summed E-state index contributed by atoms with van der Waals surface area (Å²) in [5, 5.41) is 26.5. The Bertz CT molecular complexity index is 130. The molecule has 4 atom stereocenters. The molecule has 0 amide bonds. The highest BCUT2D eigenvalue weighted by Crippen LogP contribution is 2.16. The summed E-state index contributed by atoms with van der Waals surface area (Å²) >= 11 is 0. The van der Waals surface area contributed by atoms with Gasteiger partial charge in [-0.15, -0.1) is 0 Å². The highest BCUT2D eigenvalue weighted by atomic mass is 19.1. The van der Waals surface area contributed by atoms with E-state index in [0.29, 0.717) is 0 Å². The fourth-order valence-electron chi connectivity index (χ4n) is 1.01. The van der Waals surface area contributed by atoms with Crippen molar-refractivity contribution < 1.29 is 24.4 Å². The van der Waals surface area contributed by atoms with Gasteiger partial charge in [0.25, 0.3) is 0 Å². The van der Waals surface area contributed by atoms with Crippen LogP contribution in [0.5, 0.6) is 0 Å². The van der Waals surface area contributed by atoms with Gasteiger partial charge in [0.2, 0.25) is 0 Å². The summed E-state index contributed by atoms with van der Waals surface area (Å²) < 4.78 is 17.2. The van der Waals surface area contributed by atoms with E-state index in [1.807, 2.05) is 0 Å². The van der Waals surface area contributed by atoms with Crippen molar-refractivity contribution in [3.8, 4) is 0 Å². The van der Waals surface area contributed by atoms with Crippen molar-refractivity contribution in [2.45, 2.75) is 24.5 Å². The highest BCUT2D eigenvalue weighted by molar-refractivity contribution is 4.86. The Morgan fingerprint density at radius 3 is 2.55 bits per heavy atom. The molecule has 66 valence electrons. The van der Waals surface area contributed by atoms with E-state index in [0.717, 1.165) is 0 Å². The second-order valence-corrected chi connectivity index (χ2v) is 2.55. The average molecular weight is 166 g/mol. The molecule has 1 fully saturated rings. The van der Waals surface area contributed by atoms with Crippen LogP contribution in [-0.2, 0) is 4.74 Å². The van der Waals surface area contributed by atoms with Gasteiger partial charge in [0.05, 0.1) is 13.2 Å². The predicted molar refractivity (Wildman–Crippen MR) is 33.7 cm³/mol. The fourth-order valence-corrected chi connectivity index (χ4v) is 1.01. The smallest absolute Gasteiger partial charge is 0.152 e. The van der Waals surface area contributed by atoms with E-state index in [9.17, 15) is 4.39 Å². The number of halogens is 1. The van der Waals surface area contributed by atoms with Crippen molar-refractivity contribution in [3.63, 3.8) is 0 Å². The molecule has 0 bridgehead atoms. The maximum atomic E-state index is 12.5. The topological polar surface area (TPSA) is 69.9 Å². The molecule has 0 radical (unpaired) electrons. The molecule has 0 spiro atoms. The molecule has 0 aromatic rings. The molecule has 3 N–H and O–H groups in total. The van der Waals surface area contributed by atoms with E-state index in [2.05, 4.69) is 4.74 Å². The highest BCUT2D eigenvalue weighted by Gasteiger charge is 2.37. The van der Waals surface area contributed by atoms with Crippen LogP contribution in [0.25, 0.3) is 0 Å². The third-order valence-corrected chi connectivity index (χ3v) is 1.75. The number of alkyl halides is 1. The molecule has 0 unspecified atom stereocenters. The Kier molecular flexibility index (Phi) is 2.78. The van der Waals surface area contributed by atoms with Crippen LogP contribution >= 0.6 is 0 Å². The molecule has 5 heteroatoms. The van der Waals surface area contributed by atoms with Crippen LogP contribution in [-0.4, -0.2) is 53.0 Å². The standard InChI is InChI=1S/C6H11FO4/c7-3-2-11-4(1-8)6(10)5(3)9/h3-6,8-10H,1-2H2/t3-,4-,5-,6-/m1/s1. The minimum Gasteiger partial charge on any atom is -0.394 e. The van der Waals surface area contributed by atoms with E-state index in [1.54, 1.807) is 0 Å². The maximum Gasteiger partial charge on any atom is 0.152 e. The van der Waals surface area contributed by atoms with E-state index in [1.165, 1.54) is 0 Å². The van der Waals surface area contributed by atoms with Gasteiger partial charge in [-0.3, -0.25) is 0 Å². The molecule has 0 saturated carbocycles. The molecular formula is C6H11FO4. The summed E-state index contributed by atoms with van der Waals surface area (Å²) in [6.07, 6.45) is -5.20. The molecule has 1 heterocycles. The maximum absolute atomic E-state index is 12.5. The number of aliphatic hydroxyl groups is 3. The zero-order chi connectivity index (χ0) is 8.43. The quantitative estimate of drug-likeness (QED) is 0.440. The first kappa shape index (κ1) is 8.86. The lowest BCUT2D eigenvalue weighted by Gasteiger charge is -2.32. The lowest BCUT2D eigenvalue weighted by molar-refractivity contribution is -0.178. The Hall–Kier alpha value is -0.230. The zero-order valence-electron chi connectivity index (χ0n) is 5.85. The van der Waals surface area contributed by atoms with Crippen LogP contribution in [0, 0.1) is 0 Å². The van der Waals surface area contributed by atoms with Gasteiger partial charge in [-0.05, 0) is 0 Å². The van der Waals surface area contributed by atoms with Crippen molar-refractivity contribution >= 4 is 0 Å². The van der Waals surface area contributed by atoms with E-state index < -0.39 is 31.1 Å². The molecular weight excluding hydrogens is 155 g/mol. The summed E-state index contributed by atoms with van der Waals surface area (Å²) in [5.41, 5.74) is 0. The Labute approximate surface area is 63.2 Å². The van der Waals surface area contributed by atoms with Crippen LogP contribution in [0.15, 0.2) is 0 Å². The SMILES string of the molecule is OC[C@H]1OC[C@@H](F)[C@@H](O)[C@@H]1O. The van der Waals surface area contributed by atoms with Gasteiger partial charge in [0.15, 0.2) is 6.17 Å². The summed E-state index contributed by atoms with van der Waals surface area (Å²) in [7, 11) is 0. The number of ether oxygens (including phenoxy) is 1. The van der Waals surface area contributed by atoms with Crippen molar-refractivity contribution in [1.29, 1.82) is 0 Å². The Balaban J connectivity index is 2.52. The minimum absolute atomic E-state index is 0.274. The minimum atomic E-state index is -1.56. The number of rotatable bonds is 1. The van der Waals surface area contributed by atoms with E-state index in [4.69, 9.17) is 15.3 Å². The largest absolute Gasteiger partial charge is 0.394 e. The molecule has 1 aliphatic heterocycles. The molecule has 1 saturated heterocycles. The van der Waals surface area contributed by atoms with Crippen molar-refractivity contribution in [1.82, 2.24) is 0 Å². The van der Waals surface area contributed by atoms with Gasteiger partial charge in [-0.25, -0.2) is 4.39 Å². The molecule has 1 rings (SSSR count). The van der Waals surface area contributed by atoms with Crippen LogP contribution in [0.1, 0.15) is 0 Å². The number of aliphatic hydroxyl groups excluding tert-OH is 3. The van der Waals surface area contributed by atoms with Crippen LogP contribution in [0.4, 0.5) is 4.39 Å². The fraction of sp³-hybridized carbons (Fsp3) is 1.00. The van der Waals surface area contributed by atoms with Gasteiger partial charge < -0.3 is 20.1 Å².